The highest BCUT2D eigenvalue weighted by Crippen LogP contribution is 2.35. The van der Waals surface area contributed by atoms with Gasteiger partial charge < -0.3 is 9.84 Å². The van der Waals surface area contributed by atoms with Gasteiger partial charge in [0.25, 0.3) is 10.0 Å². The van der Waals surface area contributed by atoms with Crippen LogP contribution >= 0.6 is 0 Å². The van der Waals surface area contributed by atoms with Gasteiger partial charge in [-0.3, -0.25) is 5.32 Å². The van der Waals surface area contributed by atoms with E-state index < -0.39 is 38.6 Å². The van der Waals surface area contributed by atoms with Gasteiger partial charge in [-0.25, -0.2) is 32.7 Å². The number of carbonyl (C=O) groups excluding carboxylic acids is 1. The van der Waals surface area contributed by atoms with Crippen LogP contribution in [0.2, 0.25) is 0 Å². The normalized spacial score (nSPS) is 16.1. The molecule has 28 heavy (non-hydrogen) atoms. The summed E-state index contributed by atoms with van der Waals surface area (Å²) in [4.78, 5) is 31.3. The van der Waals surface area contributed by atoms with E-state index in [-0.39, 0.29) is 11.5 Å². The van der Waals surface area contributed by atoms with Crippen LogP contribution in [-0.2, 0) is 14.8 Å². The zero-order valence-corrected chi connectivity index (χ0v) is 15.9. The first kappa shape index (κ1) is 19.7. The second-order valence-electron chi connectivity index (χ2n) is 6.21. The van der Waals surface area contributed by atoms with Crippen LogP contribution in [-0.4, -0.2) is 42.1 Å². The average Bonchev–Trinajstić information content (AvgIpc) is 2.51. The van der Waals surface area contributed by atoms with E-state index in [9.17, 15) is 23.1 Å². The van der Waals surface area contributed by atoms with Gasteiger partial charge in [0.2, 0.25) is 5.95 Å². The van der Waals surface area contributed by atoms with Crippen LogP contribution in [0.1, 0.15) is 39.8 Å². The minimum Gasteiger partial charge on any atom is -0.478 e. The molecule has 10 nitrogen and oxygen atoms in total. The summed E-state index contributed by atoms with van der Waals surface area (Å²) in [5, 5.41) is 11.6. The third-order valence-electron chi connectivity index (χ3n) is 4.03. The van der Waals surface area contributed by atoms with E-state index in [2.05, 4.69) is 15.3 Å². The fourth-order valence-electron chi connectivity index (χ4n) is 2.84. The van der Waals surface area contributed by atoms with Crippen molar-refractivity contribution in [3.63, 3.8) is 0 Å². The number of hydrogen-bond acceptors (Lipinski definition) is 7. The van der Waals surface area contributed by atoms with Crippen LogP contribution in [0.5, 0.6) is 0 Å². The van der Waals surface area contributed by atoms with E-state index in [4.69, 9.17) is 4.74 Å². The zero-order valence-electron chi connectivity index (χ0n) is 15.1. The molecule has 0 radical (unpaired) electrons. The average molecular weight is 406 g/mol. The van der Waals surface area contributed by atoms with E-state index in [1.807, 2.05) is 4.72 Å². The summed E-state index contributed by atoms with van der Waals surface area (Å²) >= 11 is 0. The van der Waals surface area contributed by atoms with Crippen LogP contribution in [0.3, 0.4) is 0 Å². The van der Waals surface area contributed by atoms with Gasteiger partial charge in [-0.05, 0) is 26.0 Å². The number of nitrogens with zero attached hydrogens (tertiary/aromatic N) is 2. The molecule has 1 aromatic heterocycles. The summed E-state index contributed by atoms with van der Waals surface area (Å²) in [6, 6.07) is 4.64. The van der Waals surface area contributed by atoms with Gasteiger partial charge in [0.1, 0.15) is 4.90 Å². The van der Waals surface area contributed by atoms with Crippen LogP contribution < -0.4 is 10.0 Å². The molecular formula is C17H18N4O6S. The molecule has 0 aliphatic carbocycles. The van der Waals surface area contributed by atoms with Gasteiger partial charge in [-0.1, -0.05) is 12.1 Å². The van der Waals surface area contributed by atoms with Crippen LogP contribution in [0, 0.1) is 13.8 Å². The predicted molar refractivity (Wildman–Crippen MR) is 97.6 cm³/mol. The lowest BCUT2D eigenvalue weighted by Crippen LogP contribution is -2.37. The maximum Gasteiger partial charge on any atom is 0.337 e. The molecule has 1 fully saturated rings. The molecule has 2 heterocycles. The Kier molecular flexibility index (Phi) is 5.29. The molecule has 2 amide bonds. The molecule has 1 unspecified atom stereocenters. The zero-order chi connectivity index (χ0) is 20.5. The molecular weight excluding hydrogens is 388 g/mol. The van der Waals surface area contributed by atoms with Gasteiger partial charge in [-0.2, -0.15) is 0 Å². The number of carbonyl (C=O) groups is 2. The van der Waals surface area contributed by atoms with Crippen molar-refractivity contribution in [2.75, 3.05) is 11.9 Å². The smallest absolute Gasteiger partial charge is 0.337 e. The lowest BCUT2D eigenvalue weighted by molar-refractivity contribution is -0.0544. The summed E-state index contributed by atoms with van der Waals surface area (Å²) < 4.78 is 32.8. The Morgan fingerprint density at radius 2 is 1.86 bits per heavy atom. The van der Waals surface area contributed by atoms with Crippen molar-refractivity contribution in [2.24, 2.45) is 0 Å². The molecule has 1 aliphatic rings. The fourth-order valence-corrected chi connectivity index (χ4v) is 4.19. The molecule has 1 atom stereocenters. The summed E-state index contributed by atoms with van der Waals surface area (Å²) in [6.45, 7) is 3.84. The van der Waals surface area contributed by atoms with Gasteiger partial charge >= 0.3 is 12.0 Å². The van der Waals surface area contributed by atoms with Gasteiger partial charge in [0.15, 0.2) is 0 Å². The molecule has 1 saturated heterocycles. The van der Waals surface area contributed by atoms with Gasteiger partial charge in [0, 0.05) is 23.4 Å². The number of aromatic nitrogens is 2. The molecule has 0 saturated carbocycles. The SMILES string of the molecule is Cc1cc(C)nc(NC(=O)NS(=O)(=O)c2c(C(=O)O)cccc2C2CCO2)n1. The number of anilines is 1. The number of nitrogens with one attached hydrogen (secondary N) is 2. The van der Waals surface area contributed by atoms with Crippen LogP contribution in [0.15, 0.2) is 29.2 Å². The standard InChI is InChI=1S/C17H18N4O6S/c1-9-8-10(2)19-16(18-9)20-17(24)21-28(25,26)14-11(13-6-7-27-13)4-3-5-12(14)15(22)23/h3-5,8,13H,6-7H2,1-2H3,(H,22,23)(H2,18,19,20,21,24). The van der Waals surface area contributed by atoms with Gasteiger partial charge in [-0.15, -0.1) is 0 Å². The number of carboxylic acids is 1. The lowest BCUT2D eigenvalue weighted by atomic mass is 10.0. The minimum absolute atomic E-state index is 0.0701. The maximum atomic E-state index is 12.8. The largest absolute Gasteiger partial charge is 0.478 e. The van der Waals surface area contributed by atoms with E-state index in [0.717, 1.165) is 6.07 Å². The third kappa shape index (κ3) is 4.10. The number of aromatic carboxylic acids is 1. The molecule has 1 aromatic carbocycles. The number of ether oxygens (including phenoxy) is 1. The Labute approximate surface area is 161 Å². The first-order valence-electron chi connectivity index (χ1n) is 8.31. The number of carboxylic acid groups (broad SMARTS) is 1. The lowest BCUT2D eigenvalue weighted by Gasteiger charge is -2.29. The second kappa shape index (κ2) is 7.52. The Hall–Kier alpha value is -3.05. The molecule has 2 aromatic rings. The van der Waals surface area contributed by atoms with Crippen LogP contribution in [0.25, 0.3) is 0 Å². The summed E-state index contributed by atoms with van der Waals surface area (Å²) in [5.74, 6) is -1.50. The summed E-state index contributed by atoms with van der Waals surface area (Å²) in [7, 11) is -4.51. The van der Waals surface area contributed by atoms with E-state index >= 15 is 0 Å². The first-order valence-corrected chi connectivity index (χ1v) is 9.79. The topological polar surface area (TPSA) is 148 Å². The van der Waals surface area contributed by atoms with E-state index in [0.29, 0.717) is 24.4 Å². The van der Waals surface area contributed by atoms with Crippen molar-refractivity contribution in [3.05, 3.63) is 46.8 Å². The van der Waals surface area contributed by atoms with Crippen molar-refractivity contribution in [3.8, 4) is 0 Å². The van der Waals surface area contributed by atoms with Crippen molar-refractivity contribution in [1.82, 2.24) is 14.7 Å². The Morgan fingerprint density at radius 3 is 2.39 bits per heavy atom. The Balaban J connectivity index is 1.92. The third-order valence-corrected chi connectivity index (χ3v) is 5.47. The molecule has 0 bridgehead atoms. The van der Waals surface area contributed by atoms with E-state index in [1.54, 1.807) is 19.9 Å². The molecule has 11 heteroatoms. The Bertz CT molecular complexity index is 1030. The molecule has 148 valence electrons. The minimum atomic E-state index is -4.51. The molecule has 3 rings (SSSR count). The quantitative estimate of drug-likeness (QED) is 0.680. The van der Waals surface area contributed by atoms with Crippen LogP contribution in [0.4, 0.5) is 10.7 Å². The maximum absolute atomic E-state index is 12.8. The molecule has 0 spiro atoms. The number of aryl methyl sites for hydroxylation is 2. The van der Waals surface area contributed by atoms with Crippen molar-refractivity contribution < 1.29 is 27.9 Å². The molecule has 3 N–H and O–H groups in total. The fraction of sp³-hybridized carbons (Fsp3) is 0.294. The summed E-state index contributed by atoms with van der Waals surface area (Å²) in [5.41, 5.74) is 0.919. The highest BCUT2D eigenvalue weighted by molar-refractivity contribution is 7.90. The van der Waals surface area contributed by atoms with Crippen molar-refractivity contribution in [2.45, 2.75) is 31.3 Å². The first-order chi connectivity index (χ1) is 13.2. The monoisotopic (exact) mass is 406 g/mol. The number of amides is 2. The predicted octanol–water partition coefficient (Wildman–Crippen LogP) is 1.76. The summed E-state index contributed by atoms with van der Waals surface area (Å²) in [6.07, 6.45) is 0.00507. The molecule has 1 aliphatic heterocycles. The van der Waals surface area contributed by atoms with E-state index in [1.165, 1.54) is 12.1 Å². The highest BCUT2D eigenvalue weighted by Gasteiger charge is 2.33. The number of sulfonamides is 1. The van der Waals surface area contributed by atoms with Crippen molar-refractivity contribution >= 4 is 28.0 Å². The number of urea groups is 1. The second-order valence-corrected chi connectivity index (χ2v) is 7.83. The van der Waals surface area contributed by atoms with Crippen molar-refractivity contribution in [1.29, 1.82) is 0 Å². The number of benzene rings is 1. The highest BCUT2D eigenvalue weighted by atomic mass is 32.2. The Morgan fingerprint density at radius 1 is 1.21 bits per heavy atom. The number of rotatable bonds is 5. The van der Waals surface area contributed by atoms with Gasteiger partial charge in [0.05, 0.1) is 18.3 Å². The number of hydrogen-bond donors (Lipinski definition) is 3.